The lowest BCUT2D eigenvalue weighted by Crippen LogP contribution is -2.22. The van der Waals surface area contributed by atoms with E-state index >= 15 is 0 Å². The van der Waals surface area contributed by atoms with Crippen LogP contribution in [0.15, 0.2) is 63.8 Å². The number of rotatable bonds is 5. The highest BCUT2D eigenvalue weighted by Crippen LogP contribution is 2.26. The van der Waals surface area contributed by atoms with E-state index in [1.165, 1.54) is 0 Å². The number of halogens is 1. The summed E-state index contributed by atoms with van der Waals surface area (Å²) in [7, 11) is 0. The summed E-state index contributed by atoms with van der Waals surface area (Å²) in [5.74, 6) is 1.13. The Balaban J connectivity index is 1.70. The number of carbonyl (C=O) groups excluding carboxylic acids is 1. The van der Waals surface area contributed by atoms with Crippen molar-refractivity contribution in [3.63, 3.8) is 0 Å². The summed E-state index contributed by atoms with van der Waals surface area (Å²) >= 11 is 3.52. The minimum atomic E-state index is -0.181. The van der Waals surface area contributed by atoms with Crippen LogP contribution in [-0.2, 0) is 6.54 Å². The van der Waals surface area contributed by atoms with Gasteiger partial charge in [-0.25, -0.2) is 4.98 Å². The first-order valence-electron chi connectivity index (χ1n) is 7.41. The van der Waals surface area contributed by atoms with E-state index in [9.17, 15) is 4.79 Å². The molecule has 5 nitrogen and oxygen atoms in total. The number of anilines is 2. The van der Waals surface area contributed by atoms with Crippen molar-refractivity contribution in [1.82, 2.24) is 10.3 Å². The Hall–Kier alpha value is -2.60. The lowest BCUT2D eigenvalue weighted by atomic mass is 10.2. The Labute approximate surface area is 148 Å². The van der Waals surface area contributed by atoms with Crippen LogP contribution in [0.25, 0.3) is 0 Å². The van der Waals surface area contributed by atoms with Crippen LogP contribution in [0.2, 0.25) is 0 Å². The standard InChI is InChI=1S/C18H16BrN3O2/c1-12-4-5-16(15(19)9-12)22-17-10-13(6-7-20-17)18(23)21-11-14-3-2-8-24-14/h2-10H,11H2,1H3,(H,20,22)(H,21,23). The molecule has 0 aliphatic heterocycles. The number of amides is 1. The molecule has 2 N–H and O–H groups in total. The first-order valence-corrected chi connectivity index (χ1v) is 8.21. The number of furan rings is 1. The van der Waals surface area contributed by atoms with Crippen molar-refractivity contribution in [1.29, 1.82) is 0 Å². The summed E-state index contributed by atoms with van der Waals surface area (Å²) in [6.45, 7) is 2.37. The molecular formula is C18H16BrN3O2. The van der Waals surface area contributed by atoms with E-state index in [0.717, 1.165) is 15.7 Å². The third-order valence-electron chi connectivity index (χ3n) is 3.41. The Morgan fingerprint density at radius 2 is 2.12 bits per heavy atom. The van der Waals surface area contributed by atoms with Crippen LogP contribution in [-0.4, -0.2) is 10.9 Å². The maximum absolute atomic E-state index is 12.2. The predicted molar refractivity (Wildman–Crippen MR) is 96.3 cm³/mol. The Bertz CT molecular complexity index is 847. The average Bonchev–Trinajstić information content (AvgIpc) is 3.09. The third-order valence-corrected chi connectivity index (χ3v) is 4.07. The van der Waals surface area contributed by atoms with Crippen LogP contribution >= 0.6 is 15.9 Å². The Morgan fingerprint density at radius 1 is 1.25 bits per heavy atom. The van der Waals surface area contributed by atoms with Crippen molar-refractivity contribution in [2.24, 2.45) is 0 Å². The van der Waals surface area contributed by atoms with Gasteiger partial charge in [-0.1, -0.05) is 6.07 Å². The van der Waals surface area contributed by atoms with Crippen molar-refractivity contribution in [2.75, 3.05) is 5.32 Å². The van der Waals surface area contributed by atoms with E-state index in [4.69, 9.17) is 4.42 Å². The molecule has 3 rings (SSSR count). The molecule has 1 amide bonds. The van der Waals surface area contributed by atoms with E-state index in [1.807, 2.05) is 31.2 Å². The second-order valence-corrected chi connectivity index (χ2v) is 6.15. The van der Waals surface area contributed by atoms with Crippen molar-refractivity contribution in [3.8, 4) is 0 Å². The van der Waals surface area contributed by atoms with Crippen LogP contribution in [0.1, 0.15) is 21.7 Å². The molecule has 122 valence electrons. The van der Waals surface area contributed by atoms with Crippen LogP contribution in [0.4, 0.5) is 11.5 Å². The third kappa shape index (κ3) is 4.02. The van der Waals surface area contributed by atoms with Gasteiger partial charge in [0.15, 0.2) is 0 Å². The molecule has 1 aromatic carbocycles. The first-order chi connectivity index (χ1) is 11.6. The van der Waals surface area contributed by atoms with Gasteiger partial charge < -0.3 is 15.1 Å². The fraction of sp³-hybridized carbons (Fsp3) is 0.111. The quantitative estimate of drug-likeness (QED) is 0.681. The molecule has 0 atom stereocenters. The SMILES string of the molecule is Cc1ccc(Nc2cc(C(=O)NCc3ccco3)ccn2)c(Br)c1. The zero-order valence-corrected chi connectivity index (χ0v) is 14.6. The number of nitrogens with one attached hydrogen (secondary N) is 2. The largest absolute Gasteiger partial charge is 0.467 e. The minimum Gasteiger partial charge on any atom is -0.467 e. The van der Waals surface area contributed by atoms with E-state index in [0.29, 0.717) is 23.7 Å². The van der Waals surface area contributed by atoms with Crippen molar-refractivity contribution < 1.29 is 9.21 Å². The summed E-state index contributed by atoms with van der Waals surface area (Å²) in [6, 6.07) is 13.0. The molecule has 0 fully saturated rings. The van der Waals surface area contributed by atoms with E-state index < -0.39 is 0 Å². The normalized spacial score (nSPS) is 10.4. The minimum absolute atomic E-state index is 0.181. The zero-order chi connectivity index (χ0) is 16.9. The van der Waals surface area contributed by atoms with Gasteiger partial charge in [0.2, 0.25) is 0 Å². The molecule has 2 aromatic heterocycles. The average molecular weight is 386 g/mol. The number of nitrogens with zero attached hydrogens (tertiary/aromatic N) is 1. The highest BCUT2D eigenvalue weighted by molar-refractivity contribution is 9.10. The number of aromatic nitrogens is 1. The van der Waals surface area contributed by atoms with E-state index in [2.05, 4.69) is 31.5 Å². The molecule has 3 aromatic rings. The molecular weight excluding hydrogens is 370 g/mol. The Kier molecular flexibility index (Phi) is 4.96. The van der Waals surface area contributed by atoms with Gasteiger partial charge in [0.25, 0.3) is 5.91 Å². The summed E-state index contributed by atoms with van der Waals surface area (Å²) < 4.78 is 6.14. The Morgan fingerprint density at radius 3 is 2.88 bits per heavy atom. The lowest BCUT2D eigenvalue weighted by Gasteiger charge is -2.10. The van der Waals surface area contributed by atoms with E-state index in [1.54, 1.807) is 30.7 Å². The summed E-state index contributed by atoms with van der Waals surface area (Å²) in [5.41, 5.74) is 2.58. The maximum Gasteiger partial charge on any atom is 0.251 e. The number of aryl methyl sites for hydroxylation is 1. The molecule has 0 saturated carbocycles. The molecule has 0 aliphatic carbocycles. The van der Waals surface area contributed by atoms with Gasteiger partial charge in [0, 0.05) is 16.2 Å². The van der Waals surface area contributed by atoms with E-state index in [-0.39, 0.29) is 5.91 Å². The highest BCUT2D eigenvalue weighted by Gasteiger charge is 2.08. The predicted octanol–water partition coefficient (Wildman–Crippen LogP) is 4.42. The lowest BCUT2D eigenvalue weighted by molar-refractivity contribution is 0.0948. The maximum atomic E-state index is 12.2. The van der Waals surface area contributed by atoms with Gasteiger partial charge in [-0.05, 0) is 64.8 Å². The molecule has 0 aliphatic rings. The van der Waals surface area contributed by atoms with Crippen LogP contribution < -0.4 is 10.6 Å². The van der Waals surface area contributed by atoms with Crippen LogP contribution in [0.5, 0.6) is 0 Å². The molecule has 0 bridgehead atoms. The molecule has 0 unspecified atom stereocenters. The summed E-state index contributed by atoms with van der Waals surface area (Å²) in [4.78, 5) is 16.5. The summed E-state index contributed by atoms with van der Waals surface area (Å²) in [5, 5.41) is 6.02. The second-order valence-electron chi connectivity index (χ2n) is 5.30. The first kappa shape index (κ1) is 16.3. The zero-order valence-electron chi connectivity index (χ0n) is 13.0. The van der Waals surface area contributed by atoms with Gasteiger partial charge in [0.05, 0.1) is 18.5 Å². The number of hydrogen-bond donors (Lipinski definition) is 2. The number of hydrogen-bond acceptors (Lipinski definition) is 4. The molecule has 6 heteroatoms. The molecule has 0 saturated heterocycles. The van der Waals surface area contributed by atoms with Gasteiger partial charge >= 0.3 is 0 Å². The van der Waals surface area contributed by atoms with Gasteiger partial charge in [-0.2, -0.15) is 0 Å². The topological polar surface area (TPSA) is 67.2 Å². The van der Waals surface area contributed by atoms with Crippen LogP contribution in [0, 0.1) is 6.92 Å². The van der Waals surface area contributed by atoms with Gasteiger partial charge in [-0.15, -0.1) is 0 Å². The molecule has 24 heavy (non-hydrogen) atoms. The molecule has 0 spiro atoms. The highest BCUT2D eigenvalue weighted by atomic mass is 79.9. The second kappa shape index (κ2) is 7.31. The smallest absolute Gasteiger partial charge is 0.251 e. The summed E-state index contributed by atoms with van der Waals surface area (Å²) in [6.07, 6.45) is 3.18. The van der Waals surface area contributed by atoms with Gasteiger partial charge in [0.1, 0.15) is 11.6 Å². The number of benzene rings is 1. The monoisotopic (exact) mass is 385 g/mol. The van der Waals surface area contributed by atoms with Crippen molar-refractivity contribution in [3.05, 3.63) is 76.3 Å². The fourth-order valence-corrected chi connectivity index (χ4v) is 2.77. The fourth-order valence-electron chi connectivity index (χ4n) is 2.18. The van der Waals surface area contributed by atoms with Crippen molar-refractivity contribution in [2.45, 2.75) is 13.5 Å². The number of pyridine rings is 1. The molecule has 0 radical (unpaired) electrons. The van der Waals surface area contributed by atoms with Gasteiger partial charge in [-0.3, -0.25) is 4.79 Å². The number of carbonyl (C=O) groups is 1. The van der Waals surface area contributed by atoms with Crippen LogP contribution in [0.3, 0.4) is 0 Å². The van der Waals surface area contributed by atoms with Crippen molar-refractivity contribution >= 4 is 33.3 Å². The molecule has 2 heterocycles.